The van der Waals surface area contributed by atoms with Crippen LogP contribution in [-0.2, 0) is 0 Å². The summed E-state index contributed by atoms with van der Waals surface area (Å²) in [5.41, 5.74) is 1.30. The number of ether oxygens (including phenoxy) is 1. The number of anilines is 3. The molecule has 0 saturated carbocycles. The van der Waals surface area contributed by atoms with Crippen molar-refractivity contribution in [1.29, 1.82) is 0 Å². The quantitative estimate of drug-likeness (QED) is 0.344. The normalized spacial score (nSPS) is 10.5. The topological polar surface area (TPSA) is 109 Å². The third-order valence-electron chi connectivity index (χ3n) is 4.71. The molecule has 0 radical (unpaired) electrons. The second-order valence-electron chi connectivity index (χ2n) is 7.78. The Morgan fingerprint density at radius 2 is 1.54 bits per heavy atom. The van der Waals surface area contributed by atoms with Gasteiger partial charge in [-0.15, -0.1) is 0 Å². The van der Waals surface area contributed by atoms with Crippen LogP contribution in [-0.4, -0.2) is 31.0 Å². The average molecular weight is 499 g/mol. The number of rotatable bonds is 7. The summed E-state index contributed by atoms with van der Waals surface area (Å²) in [4.78, 5) is 37.1. The van der Waals surface area contributed by atoms with Crippen LogP contribution in [0.15, 0.2) is 60.7 Å². The molecule has 3 aromatic rings. The Morgan fingerprint density at radius 1 is 0.857 bits per heavy atom. The third-order valence-corrected chi connectivity index (χ3v) is 4.94. The monoisotopic (exact) mass is 498 g/mol. The number of nitrogens with one attached hydrogen (secondary N) is 4. The van der Waals surface area contributed by atoms with E-state index in [9.17, 15) is 18.8 Å². The van der Waals surface area contributed by atoms with Crippen LogP contribution in [0.2, 0.25) is 5.02 Å². The Balaban J connectivity index is 1.71. The molecule has 0 spiro atoms. The lowest BCUT2D eigenvalue weighted by atomic mass is 10.1. The Kier molecular flexibility index (Phi) is 8.27. The van der Waals surface area contributed by atoms with Gasteiger partial charge in [-0.25, -0.2) is 9.18 Å². The highest BCUT2D eigenvalue weighted by atomic mass is 35.5. The van der Waals surface area contributed by atoms with Crippen molar-refractivity contribution in [2.24, 2.45) is 0 Å². The summed E-state index contributed by atoms with van der Waals surface area (Å²) in [7, 11) is 1.42. The molecular formula is C25H24ClFN4O4. The van der Waals surface area contributed by atoms with Gasteiger partial charge in [-0.1, -0.05) is 11.6 Å². The molecule has 0 aliphatic rings. The minimum absolute atomic E-state index is 0.00978. The number of carbonyl (C=O) groups is 3. The van der Waals surface area contributed by atoms with E-state index >= 15 is 0 Å². The number of halogens is 2. The van der Waals surface area contributed by atoms with Crippen molar-refractivity contribution >= 4 is 46.5 Å². The minimum Gasteiger partial charge on any atom is -0.495 e. The number of hydrogen-bond acceptors (Lipinski definition) is 4. The number of methoxy groups -OCH3 is 1. The van der Waals surface area contributed by atoms with Crippen LogP contribution in [0.4, 0.5) is 26.2 Å². The molecule has 4 amide bonds. The van der Waals surface area contributed by atoms with Gasteiger partial charge in [-0.3, -0.25) is 9.59 Å². The first-order valence-corrected chi connectivity index (χ1v) is 11.0. The van der Waals surface area contributed by atoms with E-state index in [2.05, 4.69) is 21.3 Å². The van der Waals surface area contributed by atoms with Crippen molar-refractivity contribution in [2.75, 3.05) is 23.1 Å². The van der Waals surface area contributed by atoms with Gasteiger partial charge in [0.25, 0.3) is 11.8 Å². The predicted octanol–water partition coefficient (Wildman–Crippen LogP) is 5.52. The lowest BCUT2D eigenvalue weighted by Gasteiger charge is -2.13. The standard InChI is InChI=1S/C25H24ClFN4O4/c1-14(2)28-25(34)30-17-7-4-15(5-8-17)23(32)29-18-9-11-22(35-3)21(13-18)31-24(33)19-10-6-16(26)12-20(19)27/h4-14H,1-3H3,(H,29,32)(H,31,33)(H2,28,30,34). The lowest BCUT2D eigenvalue weighted by Crippen LogP contribution is -2.34. The van der Waals surface area contributed by atoms with Gasteiger partial charge in [-0.05, 0) is 74.5 Å². The fourth-order valence-electron chi connectivity index (χ4n) is 3.08. The van der Waals surface area contributed by atoms with E-state index in [1.54, 1.807) is 36.4 Å². The Labute approximate surface area is 206 Å². The van der Waals surface area contributed by atoms with Gasteiger partial charge >= 0.3 is 6.03 Å². The number of carbonyl (C=O) groups excluding carboxylic acids is 3. The van der Waals surface area contributed by atoms with E-state index in [1.807, 2.05) is 13.8 Å². The molecule has 3 rings (SSSR count). The van der Waals surface area contributed by atoms with Gasteiger partial charge in [0.2, 0.25) is 0 Å². The van der Waals surface area contributed by atoms with Gasteiger partial charge in [0.15, 0.2) is 0 Å². The SMILES string of the molecule is COc1ccc(NC(=O)c2ccc(NC(=O)NC(C)C)cc2)cc1NC(=O)c1ccc(Cl)cc1F. The van der Waals surface area contributed by atoms with Crippen molar-refractivity contribution < 1.29 is 23.5 Å². The van der Waals surface area contributed by atoms with E-state index in [0.717, 1.165) is 6.07 Å². The van der Waals surface area contributed by atoms with E-state index < -0.39 is 17.6 Å². The molecule has 35 heavy (non-hydrogen) atoms. The molecule has 10 heteroatoms. The zero-order valence-electron chi connectivity index (χ0n) is 19.2. The number of amides is 4. The van der Waals surface area contributed by atoms with Crippen molar-refractivity contribution in [3.63, 3.8) is 0 Å². The summed E-state index contributed by atoms with van der Waals surface area (Å²) in [5, 5.41) is 10.9. The lowest BCUT2D eigenvalue weighted by molar-refractivity contribution is 0.101. The highest BCUT2D eigenvalue weighted by Crippen LogP contribution is 2.29. The van der Waals surface area contributed by atoms with Crippen LogP contribution in [0.3, 0.4) is 0 Å². The van der Waals surface area contributed by atoms with Crippen LogP contribution >= 0.6 is 11.6 Å². The number of benzene rings is 3. The van der Waals surface area contributed by atoms with Crippen LogP contribution in [0.25, 0.3) is 0 Å². The maximum atomic E-state index is 14.1. The summed E-state index contributed by atoms with van der Waals surface area (Å²) >= 11 is 5.74. The van der Waals surface area contributed by atoms with Crippen LogP contribution in [0.1, 0.15) is 34.6 Å². The van der Waals surface area contributed by atoms with Gasteiger partial charge in [-0.2, -0.15) is 0 Å². The highest BCUT2D eigenvalue weighted by Gasteiger charge is 2.16. The van der Waals surface area contributed by atoms with Crippen molar-refractivity contribution in [1.82, 2.24) is 5.32 Å². The largest absolute Gasteiger partial charge is 0.495 e. The van der Waals surface area contributed by atoms with Crippen molar-refractivity contribution in [3.8, 4) is 5.75 Å². The zero-order valence-corrected chi connectivity index (χ0v) is 20.0. The summed E-state index contributed by atoms with van der Waals surface area (Å²) in [6.45, 7) is 3.69. The molecule has 0 bridgehead atoms. The molecule has 182 valence electrons. The highest BCUT2D eigenvalue weighted by molar-refractivity contribution is 6.30. The third kappa shape index (κ3) is 6.94. The van der Waals surface area contributed by atoms with Gasteiger partial charge in [0.1, 0.15) is 11.6 Å². The first-order chi connectivity index (χ1) is 16.7. The fraction of sp³-hybridized carbons (Fsp3) is 0.160. The molecule has 4 N–H and O–H groups in total. The van der Waals surface area contributed by atoms with E-state index in [0.29, 0.717) is 22.7 Å². The summed E-state index contributed by atoms with van der Waals surface area (Å²) in [5.74, 6) is -1.56. The van der Waals surface area contributed by atoms with Crippen LogP contribution in [0.5, 0.6) is 5.75 Å². The second-order valence-corrected chi connectivity index (χ2v) is 8.21. The van der Waals surface area contributed by atoms with Crippen molar-refractivity contribution in [2.45, 2.75) is 19.9 Å². The Hall–Kier alpha value is -4.11. The predicted molar refractivity (Wildman–Crippen MR) is 134 cm³/mol. The molecule has 0 heterocycles. The average Bonchev–Trinajstić information content (AvgIpc) is 2.79. The smallest absolute Gasteiger partial charge is 0.319 e. The van der Waals surface area contributed by atoms with Crippen molar-refractivity contribution in [3.05, 3.63) is 82.6 Å². The Morgan fingerprint density at radius 3 is 2.17 bits per heavy atom. The molecule has 0 atom stereocenters. The first-order valence-electron chi connectivity index (χ1n) is 10.6. The fourth-order valence-corrected chi connectivity index (χ4v) is 3.24. The molecule has 3 aromatic carbocycles. The summed E-state index contributed by atoms with van der Waals surface area (Å²) < 4.78 is 19.4. The second kappa shape index (κ2) is 11.3. The van der Waals surface area contributed by atoms with Crippen LogP contribution in [0, 0.1) is 5.82 Å². The number of urea groups is 1. The van der Waals surface area contributed by atoms with Gasteiger partial charge in [0.05, 0.1) is 18.4 Å². The molecule has 0 aliphatic carbocycles. The minimum atomic E-state index is -0.766. The molecule has 0 saturated heterocycles. The zero-order chi connectivity index (χ0) is 25.5. The first kappa shape index (κ1) is 25.5. The molecule has 0 aromatic heterocycles. The molecule has 8 nitrogen and oxygen atoms in total. The maximum absolute atomic E-state index is 14.1. The van der Waals surface area contributed by atoms with Gasteiger partial charge < -0.3 is 26.0 Å². The summed E-state index contributed by atoms with van der Waals surface area (Å²) in [6.07, 6.45) is 0. The molecular weight excluding hydrogens is 475 g/mol. The molecule has 0 aliphatic heterocycles. The van der Waals surface area contributed by atoms with Gasteiger partial charge in [0, 0.05) is 28.0 Å². The van der Waals surface area contributed by atoms with E-state index in [4.69, 9.17) is 16.3 Å². The maximum Gasteiger partial charge on any atom is 0.319 e. The molecule has 0 fully saturated rings. The molecule has 0 unspecified atom stereocenters. The Bertz CT molecular complexity index is 1250. The summed E-state index contributed by atoms with van der Waals surface area (Å²) in [6, 6.07) is 14.4. The van der Waals surface area contributed by atoms with E-state index in [-0.39, 0.29) is 28.3 Å². The van der Waals surface area contributed by atoms with Crippen LogP contribution < -0.4 is 26.0 Å². The number of hydrogen-bond donors (Lipinski definition) is 4. The van der Waals surface area contributed by atoms with E-state index in [1.165, 1.54) is 25.3 Å².